The van der Waals surface area contributed by atoms with Gasteiger partial charge in [-0.1, -0.05) is 30.8 Å². The van der Waals surface area contributed by atoms with Gasteiger partial charge in [0.15, 0.2) is 10.9 Å². The Morgan fingerprint density at radius 2 is 2.17 bits per heavy atom. The van der Waals surface area contributed by atoms with E-state index in [1.165, 1.54) is 35.5 Å². The summed E-state index contributed by atoms with van der Waals surface area (Å²) in [5.74, 6) is 1.12. The summed E-state index contributed by atoms with van der Waals surface area (Å²) in [5, 5.41) is 4.31. The first-order valence-electron chi connectivity index (χ1n) is 9.52. The molecule has 0 fully saturated rings. The molecule has 0 aliphatic heterocycles. The second-order valence-corrected chi connectivity index (χ2v) is 9.42. The number of carbonyl (C=O) groups excluding carboxylic acids is 2. The van der Waals surface area contributed by atoms with Crippen LogP contribution in [0.3, 0.4) is 0 Å². The molecule has 29 heavy (non-hydrogen) atoms. The van der Waals surface area contributed by atoms with Crippen molar-refractivity contribution in [1.82, 2.24) is 9.97 Å². The van der Waals surface area contributed by atoms with Crippen LogP contribution in [0.4, 0.5) is 11.5 Å². The van der Waals surface area contributed by atoms with Gasteiger partial charge in [0.25, 0.3) is 0 Å². The molecule has 2 heterocycles. The molecule has 0 radical (unpaired) electrons. The van der Waals surface area contributed by atoms with Crippen molar-refractivity contribution in [2.45, 2.75) is 38.3 Å². The summed E-state index contributed by atoms with van der Waals surface area (Å²) >= 11 is 2.96. The fourth-order valence-corrected chi connectivity index (χ4v) is 5.66. The van der Waals surface area contributed by atoms with Gasteiger partial charge in [-0.05, 0) is 49.8 Å². The summed E-state index contributed by atoms with van der Waals surface area (Å²) in [5.41, 5.74) is 8.71. The third-order valence-electron chi connectivity index (χ3n) is 5.05. The normalized spacial score (nSPS) is 15.9. The summed E-state index contributed by atoms with van der Waals surface area (Å²) < 4.78 is 0. The van der Waals surface area contributed by atoms with Gasteiger partial charge in [0, 0.05) is 16.1 Å². The summed E-state index contributed by atoms with van der Waals surface area (Å²) in [7, 11) is 0. The van der Waals surface area contributed by atoms with Gasteiger partial charge in [-0.15, -0.1) is 11.3 Å². The monoisotopic (exact) mass is 426 g/mol. The van der Waals surface area contributed by atoms with Crippen LogP contribution in [0.5, 0.6) is 0 Å². The Kier molecular flexibility index (Phi) is 5.56. The molecule has 0 bridgehead atoms. The van der Waals surface area contributed by atoms with Crippen molar-refractivity contribution >= 4 is 56.5 Å². The van der Waals surface area contributed by atoms with Gasteiger partial charge < -0.3 is 11.1 Å². The van der Waals surface area contributed by atoms with E-state index in [2.05, 4.69) is 22.2 Å². The molecule has 1 amide bonds. The lowest BCUT2D eigenvalue weighted by molar-refractivity contribution is -0.113. The van der Waals surface area contributed by atoms with E-state index in [1.54, 1.807) is 35.6 Å². The molecule has 1 atom stereocenters. The van der Waals surface area contributed by atoms with Crippen LogP contribution in [0.15, 0.2) is 29.4 Å². The first-order chi connectivity index (χ1) is 13.9. The number of aryl methyl sites for hydroxylation is 1. The molecule has 0 spiro atoms. The van der Waals surface area contributed by atoms with Crippen LogP contribution in [0.25, 0.3) is 10.2 Å². The predicted molar refractivity (Wildman–Crippen MR) is 119 cm³/mol. The number of hydrogen-bond acceptors (Lipinski definition) is 7. The number of carbonyl (C=O) groups is 2. The Hall–Kier alpha value is -2.45. The van der Waals surface area contributed by atoms with E-state index >= 15 is 0 Å². The molecule has 0 saturated carbocycles. The van der Waals surface area contributed by atoms with Gasteiger partial charge in [0.05, 0.1) is 11.1 Å². The number of hydrogen-bond donors (Lipinski definition) is 2. The Labute approximate surface area is 177 Å². The highest BCUT2D eigenvalue weighted by atomic mass is 32.2. The number of ketones is 1. The van der Waals surface area contributed by atoms with Crippen molar-refractivity contribution in [3.63, 3.8) is 0 Å². The van der Waals surface area contributed by atoms with E-state index in [0.29, 0.717) is 28.1 Å². The number of nitrogens with one attached hydrogen (secondary N) is 1. The van der Waals surface area contributed by atoms with Crippen molar-refractivity contribution in [1.29, 1.82) is 0 Å². The molecule has 4 rings (SSSR count). The van der Waals surface area contributed by atoms with Crippen LogP contribution < -0.4 is 11.1 Å². The average molecular weight is 427 g/mol. The van der Waals surface area contributed by atoms with Crippen LogP contribution >= 0.6 is 23.1 Å². The minimum atomic E-state index is -0.183. The molecule has 1 aliphatic carbocycles. The molecule has 3 N–H and O–H groups in total. The highest BCUT2D eigenvalue weighted by Gasteiger charge is 2.23. The highest BCUT2D eigenvalue weighted by Crippen LogP contribution is 2.39. The lowest BCUT2D eigenvalue weighted by atomic mass is 9.89. The molecule has 8 heteroatoms. The quantitative estimate of drug-likeness (QED) is 0.358. The number of amides is 1. The Balaban J connectivity index is 1.46. The number of nitrogens with two attached hydrogens (primary N) is 1. The molecule has 150 valence electrons. The predicted octanol–water partition coefficient (Wildman–Crippen LogP) is 4.33. The third kappa shape index (κ3) is 4.28. The van der Waals surface area contributed by atoms with Crippen LogP contribution in [0.1, 0.15) is 41.1 Å². The number of benzene rings is 1. The van der Waals surface area contributed by atoms with Crippen LogP contribution in [-0.2, 0) is 17.6 Å². The number of fused-ring (bicyclic) bond motifs is 3. The van der Waals surface area contributed by atoms with Gasteiger partial charge in [-0.25, -0.2) is 9.97 Å². The van der Waals surface area contributed by atoms with Gasteiger partial charge in [0.2, 0.25) is 5.91 Å². The summed E-state index contributed by atoms with van der Waals surface area (Å²) in [6, 6.07) is 6.89. The van der Waals surface area contributed by atoms with Crippen molar-refractivity contribution in [2.75, 3.05) is 16.8 Å². The number of thioether (sulfide) groups is 1. The molecule has 1 aromatic carbocycles. The maximum Gasteiger partial charge on any atom is 0.234 e. The summed E-state index contributed by atoms with van der Waals surface area (Å²) in [4.78, 5) is 35.1. The van der Waals surface area contributed by atoms with E-state index in [1.807, 2.05) is 0 Å². The molecule has 1 unspecified atom stereocenters. The van der Waals surface area contributed by atoms with Crippen LogP contribution in [0, 0.1) is 5.92 Å². The minimum Gasteiger partial charge on any atom is -0.383 e. The topological polar surface area (TPSA) is 98.0 Å². The second kappa shape index (κ2) is 8.12. The number of nitrogen functional groups attached to an aromatic ring is 1. The third-order valence-corrected chi connectivity index (χ3v) is 7.04. The van der Waals surface area contributed by atoms with Crippen molar-refractivity contribution in [3.8, 4) is 0 Å². The van der Waals surface area contributed by atoms with Crippen LogP contribution in [-0.4, -0.2) is 27.4 Å². The van der Waals surface area contributed by atoms with E-state index in [4.69, 9.17) is 5.73 Å². The van der Waals surface area contributed by atoms with Crippen molar-refractivity contribution in [2.24, 2.45) is 5.92 Å². The van der Waals surface area contributed by atoms with Crippen LogP contribution in [0.2, 0.25) is 0 Å². The largest absolute Gasteiger partial charge is 0.383 e. The molecule has 1 aliphatic rings. The standard InChI is InChI=1S/C21H22N4O2S2/c1-11-6-7-15-16(8-11)29-20-18(15)19(22)24-21(25-20)28-10-17(27)23-14-5-3-4-13(9-14)12(2)26/h3-5,9,11H,6-8,10H2,1-2H3,(H,23,27)(H2,22,24,25). The zero-order valence-corrected chi connectivity index (χ0v) is 18.0. The van der Waals surface area contributed by atoms with Gasteiger partial charge in [0.1, 0.15) is 10.6 Å². The van der Waals surface area contributed by atoms with Gasteiger partial charge >= 0.3 is 0 Å². The molecular weight excluding hydrogens is 404 g/mol. The zero-order chi connectivity index (χ0) is 20.5. The fraction of sp³-hybridized carbons (Fsp3) is 0.333. The Morgan fingerprint density at radius 3 is 2.97 bits per heavy atom. The molecule has 2 aromatic heterocycles. The lowest BCUT2D eigenvalue weighted by Crippen LogP contribution is -2.14. The zero-order valence-electron chi connectivity index (χ0n) is 16.3. The molecule has 3 aromatic rings. The number of rotatable bonds is 5. The highest BCUT2D eigenvalue weighted by molar-refractivity contribution is 7.99. The lowest BCUT2D eigenvalue weighted by Gasteiger charge is -2.17. The molecular formula is C21H22N4O2S2. The van der Waals surface area contributed by atoms with E-state index in [-0.39, 0.29) is 17.4 Å². The number of aromatic nitrogens is 2. The van der Waals surface area contributed by atoms with Crippen molar-refractivity contribution in [3.05, 3.63) is 40.3 Å². The maximum absolute atomic E-state index is 12.3. The first-order valence-corrected chi connectivity index (χ1v) is 11.3. The first kappa shape index (κ1) is 19.8. The number of anilines is 2. The summed E-state index contributed by atoms with van der Waals surface area (Å²) in [6.07, 6.45) is 3.26. The molecule has 0 saturated heterocycles. The maximum atomic E-state index is 12.3. The minimum absolute atomic E-state index is 0.0410. The number of thiophene rings is 1. The second-order valence-electron chi connectivity index (χ2n) is 7.40. The average Bonchev–Trinajstić information content (AvgIpc) is 3.04. The smallest absolute Gasteiger partial charge is 0.234 e. The Bertz CT molecular complexity index is 1110. The van der Waals surface area contributed by atoms with E-state index < -0.39 is 0 Å². The Morgan fingerprint density at radius 1 is 1.34 bits per heavy atom. The number of Topliss-reactive ketones (excluding diaryl/α,β-unsaturated/α-hetero) is 1. The van der Waals surface area contributed by atoms with E-state index in [9.17, 15) is 9.59 Å². The van der Waals surface area contributed by atoms with Crippen molar-refractivity contribution < 1.29 is 9.59 Å². The molecule has 6 nitrogen and oxygen atoms in total. The van der Waals surface area contributed by atoms with E-state index in [0.717, 1.165) is 23.1 Å². The van der Waals surface area contributed by atoms with Gasteiger partial charge in [-0.3, -0.25) is 9.59 Å². The number of nitrogens with zero attached hydrogens (tertiary/aromatic N) is 2. The SMILES string of the molecule is CC(=O)c1cccc(NC(=O)CSc2nc(N)c3c4c(sc3n2)CC(C)CC4)c1. The van der Waals surface area contributed by atoms with Gasteiger partial charge in [-0.2, -0.15) is 0 Å². The summed E-state index contributed by atoms with van der Waals surface area (Å²) in [6.45, 7) is 3.77. The fourth-order valence-electron chi connectivity index (χ4n) is 3.56.